The van der Waals surface area contributed by atoms with Crippen LogP contribution in [0.25, 0.3) is 11.0 Å². The molecule has 0 unspecified atom stereocenters. The molecule has 1 aromatic heterocycles. The van der Waals surface area contributed by atoms with Crippen LogP contribution in [0.3, 0.4) is 0 Å². The van der Waals surface area contributed by atoms with Gasteiger partial charge in [-0.1, -0.05) is 80.5 Å². The molecule has 4 rings (SSSR count). The minimum absolute atomic E-state index is 0.138. The molecule has 4 aromatic rings. The van der Waals surface area contributed by atoms with Gasteiger partial charge in [-0.3, -0.25) is 14.8 Å². The minimum Gasteiger partial charge on any atom is -0.507 e. The lowest BCUT2D eigenvalue weighted by molar-refractivity contribution is 0.443. The fraction of sp³-hybridized carbons (Fsp3) is 0.405. The van der Waals surface area contributed by atoms with Crippen LogP contribution in [0, 0.1) is 0 Å². The number of fused-ring (bicyclic) bond motifs is 1. The number of phenols is 2. The van der Waals surface area contributed by atoms with E-state index in [1.54, 1.807) is 36.3 Å². The van der Waals surface area contributed by atoms with E-state index in [4.69, 9.17) is 9.98 Å². The number of hydrogen-bond donors (Lipinski definition) is 3. The molecule has 0 aliphatic rings. The number of nitrogens with one attached hydrogen (secondary N) is 1. The van der Waals surface area contributed by atoms with Gasteiger partial charge < -0.3 is 15.2 Å². The second kappa shape index (κ2) is 12.8. The third-order valence-electron chi connectivity index (χ3n) is 7.78. The molecule has 0 spiro atoms. The molecule has 0 saturated carbocycles. The number of para-hydroxylation sites is 1. The van der Waals surface area contributed by atoms with Crippen LogP contribution in [0.2, 0.25) is 0 Å². The number of aryl methyl sites for hydroxylation is 1. The molecule has 3 N–H and O–H groups in total. The van der Waals surface area contributed by atoms with Crippen LogP contribution in [0.4, 0.5) is 11.4 Å². The summed E-state index contributed by atoms with van der Waals surface area (Å²) in [5.74, 6) is 1.15. The summed E-state index contributed by atoms with van der Waals surface area (Å²) in [5.41, 5.74) is 5.64. The molecule has 0 atom stereocenters. The second-order valence-corrected chi connectivity index (χ2v) is 15.6. The number of aliphatic imine (C=N–C) groups is 2. The fourth-order valence-electron chi connectivity index (χ4n) is 5.03. The van der Waals surface area contributed by atoms with E-state index < -0.39 is 0 Å². The highest BCUT2D eigenvalue weighted by atomic mass is 32.2. The van der Waals surface area contributed by atoms with Crippen LogP contribution in [-0.4, -0.2) is 44.6 Å². The first kappa shape index (κ1) is 34.0. The zero-order valence-electron chi connectivity index (χ0n) is 28.2. The smallest absolute Gasteiger partial charge is 0.270 e. The number of H-pyrrole nitrogens is 1. The van der Waals surface area contributed by atoms with Crippen molar-refractivity contribution in [2.24, 2.45) is 9.98 Å². The lowest BCUT2D eigenvalue weighted by Crippen LogP contribution is -2.17. The Kier molecular flexibility index (Phi) is 9.69. The highest BCUT2D eigenvalue weighted by Crippen LogP contribution is 2.38. The summed E-state index contributed by atoms with van der Waals surface area (Å²) in [7, 11) is 0. The van der Waals surface area contributed by atoms with E-state index in [9.17, 15) is 15.0 Å². The summed E-state index contributed by atoms with van der Waals surface area (Å²) in [6, 6.07) is 13.2. The van der Waals surface area contributed by atoms with Crippen molar-refractivity contribution in [3.05, 3.63) is 86.3 Å². The van der Waals surface area contributed by atoms with Gasteiger partial charge in [-0.15, -0.1) is 0 Å². The number of aromatic amines is 1. The molecule has 7 nitrogen and oxygen atoms in total. The molecule has 0 aliphatic heterocycles. The summed E-state index contributed by atoms with van der Waals surface area (Å²) in [6.07, 6.45) is 5.82. The Balaban J connectivity index is 1.91. The van der Waals surface area contributed by atoms with E-state index in [0.29, 0.717) is 45.6 Å². The molecule has 0 fully saturated rings. The first-order chi connectivity index (χ1) is 20.9. The summed E-state index contributed by atoms with van der Waals surface area (Å²) in [6.45, 7) is 18.8. The summed E-state index contributed by atoms with van der Waals surface area (Å²) in [5, 5.41) is 22.4. The number of aromatic nitrogens is 2. The Morgan fingerprint density at radius 3 is 2.00 bits per heavy atom. The summed E-state index contributed by atoms with van der Waals surface area (Å²) >= 11 is 1.66. The lowest BCUT2D eigenvalue weighted by atomic mass is 9.79. The molecule has 0 bridgehead atoms. The maximum atomic E-state index is 12.8. The Labute approximate surface area is 271 Å². The van der Waals surface area contributed by atoms with Gasteiger partial charge in [-0.2, -0.15) is 11.8 Å². The van der Waals surface area contributed by atoms with Crippen LogP contribution in [0.1, 0.15) is 95.8 Å². The van der Waals surface area contributed by atoms with E-state index in [0.717, 1.165) is 22.4 Å². The average molecular weight is 627 g/mol. The predicted octanol–water partition coefficient (Wildman–Crippen LogP) is 8.63. The molecular formula is C37H46N4O3S. The molecule has 1 heterocycles. The van der Waals surface area contributed by atoms with Gasteiger partial charge in [0, 0.05) is 35.5 Å². The molecular weight excluding hydrogens is 580 g/mol. The van der Waals surface area contributed by atoms with E-state index in [-0.39, 0.29) is 33.3 Å². The number of phenolic OH excluding ortho intramolecular Hbond substituents is 2. The molecule has 0 radical (unpaired) electrons. The van der Waals surface area contributed by atoms with Crippen molar-refractivity contribution in [3.63, 3.8) is 0 Å². The predicted molar refractivity (Wildman–Crippen MR) is 191 cm³/mol. The third-order valence-corrected chi connectivity index (χ3v) is 8.39. The molecule has 0 aliphatic carbocycles. The van der Waals surface area contributed by atoms with Gasteiger partial charge in [-0.25, -0.2) is 4.98 Å². The number of nitrogens with zero attached hydrogens (tertiary/aromatic N) is 3. The van der Waals surface area contributed by atoms with Crippen LogP contribution in [0.15, 0.2) is 57.2 Å². The fourth-order valence-corrected chi connectivity index (χ4v) is 5.43. The maximum absolute atomic E-state index is 12.8. The van der Waals surface area contributed by atoms with Crippen LogP contribution in [-0.2, 0) is 22.7 Å². The number of benzene rings is 3. The monoisotopic (exact) mass is 626 g/mol. The van der Waals surface area contributed by atoms with Crippen molar-refractivity contribution in [2.45, 2.75) is 85.0 Å². The average Bonchev–Trinajstić information content (AvgIpc) is 2.93. The van der Waals surface area contributed by atoms with E-state index >= 15 is 0 Å². The van der Waals surface area contributed by atoms with Gasteiger partial charge in [0.15, 0.2) is 0 Å². The van der Waals surface area contributed by atoms with Gasteiger partial charge in [0.05, 0.1) is 22.4 Å². The molecule has 8 heteroatoms. The number of hydrogen-bond acceptors (Lipinski definition) is 7. The Hall–Kier alpha value is -3.91. The van der Waals surface area contributed by atoms with E-state index in [1.807, 2.05) is 51.3 Å². The quantitative estimate of drug-likeness (QED) is 0.178. The first-order valence-corrected chi connectivity index (χ1v) is 16.6. The topological polar surface area (TPSA) is 111 Å². The Bertz CT molecular complexity index is 1830. The first-order valence-electron chi connectivity index (χ1n) is 15.2. The van der Waals surface area contributed by atoms with Crippen molar-refractivity contribution in [1.82, 2.24) is 9.97 Å². The van der Waals surface area contributed by atoms with Gasteiger partial charge in [0.1, 0.15) is 17.2 Å². The minimum atomic E-state index is -0.279. The van der Waals surface area contributed by atoms with Crippen molar-refractivity contribution < 1.29 is 10.2 Å². The molecule has 0 saturated heterocycles. The highest BCUT2D eigenvalue weighted by Gasteiger charge is 2.25. The third kappa shape index (κ3) is 7.85. The van der Waals surface area contributed by atoms with Gasteiger partial charge in [0.2, 0.25) is 0 Å². The zero-order valence-corrected chi connectivity index (χ0v) is 29.0. The largest absolute Gasteiger partial charge is 0.507 e. The molecule has 238 valence electrons. The second-order valence-electron chi connectivity index (χ2n) is 14.6. The van der Waals surface area contributed by atoms with E-state index in [1.165, 1.54) is 0 Å². The normalized spacial score (nSPS) is 13.0. The van der Waals surface area contributed by atoms with E-state index in [2.05, 4.69) is 57.6 Å². The van der Waals surface area contributed by atoms with Crippen LogP contribution >= 0.6 is 11.8 Å². The zero-order chi connectivity index (χ0) is 33.3. The van der Waals surface area contributed by atoms with Crippen molar-refractivity contribution >= 4 is 46.6 Å². The highest BCUT2D eigenvalue weighted by molar-refractivity contribution is 7.98. The molecule has 45 heavy (non-hydrogen) atoms. The lowest BCUT2D eigenvalue weighted by Gasteiger charge is -2.27. The number of thioether (sulfide) groups is 1. The van der Waals surface area contributed by atoms with Crippen molar-refractivity contribution in [2.75, 3.05) is 12.0 Å². The summed E-state index contributed by atoms with van der Waals surface area (Å²) in [4.78, 5) is 30.0. The molecule has 3 aromatic carbocycles. The van der Waals surface area contributed by atoms with Crippen molar-refractivity contribution in [1.29, 1.82) is 0 Å². The number of aromatic hydroxyl groups is 2. The van der Waals surface area contributed by atoms with Crippen LogP contribution in [0.5, 0.6) is 11.5 Å². The van der Waals surface area contributed by atoms with Gasteiger partial charge >= 0.3 is 0 Å². The summed E-state index contributed by atoms with van der Waals surface area (Å²) < 4.78 is 0. The van der Waals surface area contributed by atoms with Crippen LogP contribution < -0.4 is 5.56 Å². The standard InChI is InChI=1S/C37H46N4O3S/c1-35(2,3)24-16-23(33(43)26(17-24)37(7,8)9)21-39-28-18-30-31(41-34(44)27(40-30)14-15-45-10)19-29(28)38-20-22-12-11-13-25(32(22)42)36(4,5)6/h11-13,16-21,42-43H,14-15H2,1-10H3,(H,41,44). The van der Waals surface area contributed by atoms with Crippen molar-refractivity contribution in [3.8, 4) is 11.5 Å². The number of rotatable bonds is 7. The van der Waals surface area contributed by atoms with Gasteiger partial charge in [0.25, 0.3) is 5.56 Å². The Morgan fingerprint density at radius 1 is 0.800 bits per heavy atom. The SMILES string of the molecule is CSCCc1nc2cc(N=Cc3cc(C(C)(C)C)cc(C(C)(C)C)c3O)c(N=Cc3cccc(C(C)(C)C)c3O)cc2[nH]c1=O. The molecule has 0 amide bonds. The van der Waals surface area contributed by atoms with Gasteiger partial charge in [-0.05, 0) is 63.6 Å². The Morgan fingerprint density at radius 2 is 1.40 bits per heavy atom. The maximum Gasteiger partial charge on any atom is 0.270 e.